The Labute approximate surface area is 164 Å². The molecule has 0 bridgehead atoms. The number of nitrogens with one attached hydrogen (secondary N) is 1. The van der Waals surface area contributed by atoms with E-state index in [9.17, 15) is 4.79 Å². The van der Waals surface area contributed by atoms with Gasteiger partial charge in [-0.05, 0) is 50.2 Å². The second-order valence-corrected chi connectivity index (χ2v) is 6.32. The van der Waals surface area contributed by atoms with Gasteiger partial charge in [-0.15, -0.1) is 0 Å². The number of carbonyl (C=O) groups is 1. The summed E-state index contributed by atoms with van der Waals surface area (Å²) in [5, 5.41) is 4.01. The van der Waals surface area contributed by atoms with Gasteiger partial charge in [0.2, 0.25) is 0 Å². The number of hydrazone groups is 1. The highest BCUT2D eigenvalue weighted by atomic mass is 16.5. The molecule has 28 heavy (non-hydrogen) atoms. The van der Waals surface area contributed by atoms with Crippen LogP contribution in [0.25, 0.3) is 0 Å². The fourth-order valence-corrected chi connectivity index (χ4v) is 2.86. The van der Waals surface area contributed by atoms with Crippen LogP contribution in [0.1, 0.15) is 25.0 Å². The van der Waals surface area contributed by atoms with Crippen molar-refractivity contribution < 1.29 is 23.7 Å². The number of nitrogens with zero attached hydrogens (tertiary/aromatic N) is 1. The van der Waals surface area contributed by atoms with Gasteiger partial charge in [0.05, 0.1) is 19.9 Å². The second kappa shape index (κ2) is 9.12. The first kappa shape index (κ1) is 19.5. The minimum atomic E-state index is -0.365. The number of hydrogen-bond acceptors (Lipinski definition) is 6. The molecule has 7 nitrogen and oxygen atoms in total. The largest absolute Gasteiger partial charge is 0.497 e. The van der Waals surface area contributed by atoms with E-state index in [1.165, 1.54) is 0 Å². The summed E-state index contributed by atoms with van der Waals surface area (Å²) in [7, 11) is 1.59. The molecule has 1 atom stereocenters. The van der Waals surface area contributed by atoms with Crippen molar-refractivity contribution in [3.05, 3.63) is 47.5 Å². The third kappa shape index (κ3) is 4.94. The van der Waals surface area contributed by atoms with Crippen molar-refractivity contribution in [1.82, 2.24) is 5.43 Å². The summed E-state index contributed by atoms with van der Waals surface area (Å²) >= 11 is 0. The molecule has 0 fully saturated rings. The van der Waals surface area contributed by atoms with E-state index in [2.05, 4.69) is 10.5 Å². The highest BCUT2D eigenvalue weighted by molar-refractivity contribution is 5.86. The van der Waals surface area contributed by atoms with Crippen molar-refractivity contribution in [2.75, 3.05) is 20.3 Å². The molecule has 2 aromatic rings. The minimum Gasteiger partial charge on any atom is -0.497 e. The van der Waals surface area contributed by atoms with Crippen LogP contribution in [0.5, 0.6) is 23.0 Å². The third-order valence-electron chi connectivity index (χ3n) is 4.15. The van der Waals surface area contributed by atoms with Crippen molar-refractivity contribution in [1.29, 1.82) is 0 Å². The monoisotopic (exact) mass is 384 g/mol. The van der Waals surface area contributed by atoms with Gasteiger partial charge in [-0.2, -0.15) is 5.10 Å². The van der Waals surface area contributed by atoms with Crippen molar-refractivity contribution >= 4 is 12.1 Å². The van der Waals surface area contributed by atoms with Crippen LogP contribution in [-0.2, 0) is 11.2 Å². The van der Waals surface area contributed by atoms with Gasteiger partial charge in [-0.25, -0.2) is 5.43 Å². The number of carbonyl (C=O) groups excluding carboxylic acids is 1. The molecular weight excluding hydrogens is 360 g/mol. The summed E-state index contributed by atoms with van der Waals surface area (Å²) < 4.78 is 22.0. The van der Waals surface area contributed by atoms with Gasteiger partial charge in [0.1, 0.15) is 29.1 Å². The summed E-state index contributed by atoms with van der Waals surface area (Å²) in [5.74, 6) is 2.47. The highest BCUT2D eigenvalue weighted by Crippen LogP contribution is 2.34. The number of benzene rings is 2. The predicted octanol–water partition coefficient (Wildman–Crippen LogP) is 2.95. The molecule has 0 radical (unpaired) electrons. The molecule has 1 N–H and O–H groups in total. The van der Waals surface area contributed by atoms with Crippen molar-refractivity contribution in [2.24, 2.45) is 5.10 Å². The van der Waals surface area contributed by atoms with E-state index in [1.807, 2.05) is 26.0 Å². The molecular formula is C21H24N2O5. The van der Waals surface area contributed by atoms with Crippen molar-refractivity contribution in [2.45, 2.75) is 26.4 Å². The molecule has 1 heterocycles. The molecule has 0 saturated carbocycles. The van der Waals surface area contributed by atoms with Gasteiger partial charge >= 0.3 is 0 Å². The Bertz CT molecular complexity index is 849. The lowest BCUT2D eigenvalue weighted by molar-refractivity contribution is -0.123. The SMILES string of the molecule is CCOc1cc2c(cc1/C=N\NC(=O)COc1ccc(OC)cc1)O[C@H](C)C2. The molecule has 0 saturated heterocycles. The number of rotatable bonds is 8. The van der Waals surface area contributed by atoms with Gasteiger partial charge in [0.15, 0.2) is 6.61 Å². The molecule has 148 valence electrons. The molecule has 0 unspecified atom stereocenters. The molecule has 7 heteroatoms. The topological polar surface area (TPSA) is 78.4 Å². The summed E-state index contributed by atoms with van der Waals surface area (Å²) in [6, 6.07) is 10.8. The number of fused-ring (bicyclic) bond motifs is 1. The van der Waals surface area contributed by atoms with Crippen LogP contribution in [0.2, 0.25) is 0 Å². The van der Waals surface area contributed by atoms with Crippen LogP contribution >= 0.6 is 0 Å². The smallest absolute Gasteiger partial charge is 0.277 e. The Morgan fingerprint density at radius 2 is 2.00 bits per heavy atom. The van der Waals surface area contributed by atoms with E-state index >= 15 is 0 Å². The first-order valence-corrected chi connectivity index (χ1v) is 9.14. The molecule has 3 rings (SSSR count). The standard InChI is InChI=1S/C21H24N2O5/c1-4-26-19-10-15-9-14(2)28-20(15)11-16(19)12-22-23-21(24)13-27-18-7-5-17(25-3)6-8-18/h5-8,10-12,14H,4,9,13H2,1-3H3,(H,23,24)/b22-12-/t14-/m1/s1. The fourth-order valence-electron chi connectivity index (χ4n) is 2.86. The predicted molar refractivity (Wildman–Crippen MR) is 106 cm³/mol. The average Bonchev–Trinajstić information content (AvgIpc) is 3.06. The van der Waals surface area contributed by atoms with E-state index in [-0.39, 0.29) is 18.6 Å². The lowest BCUT2D eigenvalue weighted by Crippen LogP contribution is -2.24. The van der Waals surface area contributed by atoms with Crippen molar-refractivity contribution in [3.8, 4) is 23.0 Å². The van der Waals surface area contributed by atoms with Gasteiger partial charge in [-0.3, -0.25) is 4.79 Å². The molecule has 1 aliphatic rings. The zero-order valence-corrected chi connectivity index (χ0v) is 16.2. The Morgan fingerprint density at radius 3 is 2.71 bits per heavy atom. The maximum absolute atomic E-state index is 11.9. The molecule has 0 aromatic heterocycles. The lowest BCUT2D eigenvalue weighted by atomic mass is 10.1. The second-order valence-electron chi connectivity index (χ2n) is 6.32. The molecule has 0 aliphatic carbocycles. The first-order chi connectivity index (χ1) is 13.6. The maximum atomic E-state index is 11.9. The van der Waals surface area contributed by atoms with E-state index in [0.717, 1.165) is 29.0 Å². The Morgan fingerprint density at radius 1 is 1.25 bits per heavy atom. The van der Waals surface area contributed by atoms with Crippen LogP contribution in [0.4, 0.5) is 0 Å². The molecule has 2 aromatic carbocycles. The highest BCUT2D eigenvalue weighted by Gasteiger charge is 2.21. The van der Waals surface area contributed by atoms with Crippen LogP contribution < -0.4 is 24.4 Å². The quantitative estimate of drug-likeness (QED) is 0.559. The van der Waals surface area contributed by atoms with Crippen LogP contribution in [0.15, 0.2) is 41.5 Å². The summed E-state index contributed by atoms with van der Waals surface area (Å²) in [4.78, 5) is 11.9. The zero-order chi connectivity index (χ0) is 19.9. The van der Waals surface area contributed by atoms with Crippen molar-refractivity contribution in [3.63, 3.8) is 0 Å². The first-order valence-electron chi connectivity index (χ1n) is 9.14. The van der Waals surface area contributed by atoms with Gasteiger partial charge in [-0.1, -0.05) is 0 Å². The average molecular weight is 384 g/mol. The Hall–Kier alpha value is -3.22. The molecule has 0 spiro atoms. The molecule has 1 amide bonds. The number of methoxy groups -OCH3 is 1. The number of ether oxygens (including phenoxy) is 4. The Balaban J connectivity index is 1.57. The lowest BCUT2D eigenvalue weighted by Gasteiger charge is -2.09. The van der Waals surface area contributed by atoms with E-state index in [1.54, 1.807) is 37.6 Å². The normalized spacial score (nSPS) is 15.0. The van der Waals surface area contributed by atoms with E-state index in [0.29, 0.717) is 18.1 Å². The van der Waals surface area contributed by atoms with E-state index < -0.39 is 0 Å². The minimum absolute atomic E-state index is 0.145. The van der Waals surface area contributed by atoms with Gasteiger partial charge in [0.25, 0.3) is 5.91 Å². The fraction of sp³-hybridized carbons (Fsp3) is 0.333. The van der Waals surface area contributed by atoms with Crippen LogP contribution in [0, 0.1) is 0 Å². The summed E-state index contributed by atoms with van der Waals surface area (Å²) in [6.45, 7) is 4.34. The van der Waals surface area contributed by atoms with Crippen LogP contribution in [-0.4, -0.2) is 38.5 Å². The summed E-state index contributed by atoms with van der Waals surface area (Å²) in [6.07, 6.45) is 2.54. The molecule has 1 aliphatic heterocycles. The van der Waals surface area contributed by atoms with Crippen LogP contribution in [0.3, 0.4) is 0 Å². The van der Waals surface area contributed by atoms with E-state index in [4.69, 9.17) is 18.9 Å². The van der Waals surface area contributed by atoms with Gasteiger partial charge in [0, 0.05) is 17.5 Å². The summed E-state index contributed by atoms with van der Waals surface area (Å²) in [5.41, 5.74) is 4.31. The zero-order valence-electron chi connectivity index (χ0n) is 16.2. The number of hydrogen-bond donors (Lipinski definition) is 1. The third-order valence-corrected chi connectivity index (χ3v) is 4.15. The van der Waals surface area contributed by atoms with Gasteiger partial charge < -0.3 is 18.9 Å². The number of amides is 1. The Kier molecular flexibility index (Phi) is 6.37. The maximum Gasteiger partial charge on any atom is 0.277 e.